The van der Waals surface area contributed by atoms with Gasteiger partial charge in [-0.05, 0) is 25.7 Å². The molecule has 4 nitrogen and oxygen atoms in total. The predicted molar refractivity (Wildman–Crippen MR) is 93.4 cm³/mol. The maximum atomic E-state index is 11.0. The molecule has 0 fully saturated rings. The Hall–Kier alpha value is -1.84. The summed E-state index contributed by atoms with van der Waals surface area (Å²) in [6, 6.07) is 0. The maximum Gasteiger partial charge on any atom is 0.513 e. The molecule has 23 heavy (non-hydrogen) atoms. The van der Waals surface area contributed by atoms with E-state index in [-0.39, 0.29) is 6.42 Å². The van der Waals surface area contributed by atoms with Crippen LogP contribution >= 0.6 is 0 Å². The largest absolute Gasteiger partial charge is 0.513 e. The van der Waals surface area contributed by atoms with Crippen molar-refractivity contribution in [3.05, 3.63) is 36.5 Å². The van der Waals surface area contributed by atoms with Crippen molar-refractivity contribution in [1.82, 2.24) is 0 Å². The summed E-state index contributed by atoms with van der Waals surface area (Å²) < 4.78 is 4.03. The van der Waals surface area contributed by atoms with Crippen molar-refractivity contribution in [2.75, 3.05) is 0 Å². The van der Waals surface area contributed by atoms with E-state index in [1.807, 2.05) is 0 Å². The Labute approximate surface area is 139 Å². The molecule has 0 saturated heterocycles. The molecule has 0 bridgehead atoms. The predicted octanol–water partition coefficient (Wildman–Crippen LogP) is 5.80. The van der Waals surface area contributed by atoms with E-state index in [2.05, 4.69) is 48.1 Å². The van der Waals surface area contributed by atoms with Crippen molar-refractivity contribution in [2.24, 2.45) is 0 Å². The quantitative estimate of drug-likeness (QED) is 0.201. The van der Waals surface area contributed by atoms with E-state index in [1.165, 1.54) is 12.8 Å². The molecule has 0 amide bonds. The monoisotopic (exact) mass is 322 g/mol. The Morgan fingerprint density at radius 3 is 2.00 bits per heavy atom. The molecule has 0 spiro atoms. The number of hydrogen-bond acceptors (Lipinski definition) is 3. The zero-order valence-corrected chi connectivity index (χ0v) is 14.2. The first kappa shape index (κ1) is 21.2. The summed E-state index contributed by atoms with van der Waals surface area (Å²) in [4.78, 5) is 21.1. The van der Waals surface area contributed by atoms with Gasteiger partial charge >= 0.3 is 12.1 Å². The second kappa shape index (κ2) is 16.5. The molecule has 0 aliphatic carbocycles. The van der Waals surface area contributed by atoms with Gasteiger partial charge in [0.2, 0.25) is 0 Å². The Morgan fingerprint density at radius 2 is 1.39 bits per heavy atom. The SMILES string of the molecule is CCCCC=CC=CC=CCCCCCCCC(=O)OC(=O)O. The van der Waals surface area contributed by atoms with Crippen LogP contribution in [0.25, 0.3) is 0 Å². The molecule has 0 atom stereocenters. The normalized spacial score (nSPS) is 11.7. The summed E-state index contributed by atoms with van der Waals surface area (Å²) in [5.41, 5.74) is 0. The molecule has 1 N–H and O–H groups in total. The van der Waals surface area contributed by atoms with Gasteiger partial charge in [0.1, 0.15) is 0 Å². The molecule has 0 aromatic rings. The summed E-state index contributed by atoms with van der Waals surface area (Å²) in [6.07, 6.45) is 20.9. The Morgan fingerprint density at radius 1 is 0.826 bits per heavy atom. The first-order chi connectivity index (χ1) is 11.2. The molecule has 0 aromatic heterocycles. The van der Waals surface area contributed by atoms with Crippen LogP contribution in [0.2, 0.25) is 0 Å². The van der Waals surface area contributed by atoms with Gasteiger partial charge in [0.25, 0.3) is 0 Å². The first-order valence-corrected chi connectivity index (χ1v) is 8.58. The zero-order valence-electron chi connectivity index (χ0n) is 14.2. The Bertz CT molecular complexity index is 394. The molecule has 0 heterocycles. The van der Waals surface area contributed by atoms with Crippen LogP contribution < -0.4 is 0 Å². The number of allylic oxidation sites excluding steroid dienone is 6. The van der Waals surface area contributed by atoms with Gasteiger partial charge in [-0.3, -0.25) is 4.79 Å². The van der Waals surface area contributed by atoms with Gasteiger partial charge in [-0.1, -0.05) is 75.5 Å². The minimum atomic E-state index is -1.52. The molecule has 0 aliphatic heterocycles. The molecule has 0 unspecified atom stereocenters. The Kier molecular flexibility index (Phi) is 15.2. The fourth-order valence-electron chi connectivity index (χ4n) is 2.01. The number of unbranched alkanes of at least 4 members (excludes halogenated alkanes) is 7. The summed E-state index contributed by atoms with van der Waals surface area (Å²) in [7, 11) is 0. The van der Waals surface area contributed by atoms with Crippen LogP contribution in [-0.2, 0) is 9.53 Å². The second-order valence-electron chi connectivity index (χ2n) is 5.43. The van der Waals surface area contributed by atoms with E-state index in [1.54, 1.807) is 0 Å². The standard InChI is InChI=1S/C19H30O4/c1-2-3-4-5-6-7-8-9-10-11-12-13-14-15-16-17-18(20)23-19(21)22/h5-10H,2-4,11-17H2,1H3,(H,21,22). The number of ether oxygens (including phenoxy) is 1. The van der Waals surface area contributed by atoms with Crippen LogP contribution in [-0.4, -0.2) is 17.2 Å². The van der Waals surface area contributed by atoms with Gasteiger partial charge in [-0.25, -0.2) is 4.79 Å². The van der Waals surface area contributed by atoms with E-state index in [9.17, 15) is 9.59 Å². The van der Waals surface area contributed by atoms with Gasteiger partial charge in [0.15, 0.2) is 0 Å². The van der Waals surface area contributed by atoms with Crippen LogP contribution in [0.4, 0.5) is 4.79 Å². The molecule has 0 rings (SSSR count). The molecular formula is C19H30O4. The average molecular weight is 322 g/mol. The Balaban J connectivity index is 3.37. The van der Waals surface area contributed by atoms with Crippen LogP contribution in [0.15, 0.2) is 36.5 Å². The molecular weight excluding hydrogens is 292 g/mol. The number of rotatable bonds is 13. The highest BCUT2D eigenvalue weighted by Crippen LogP contribution is 2.08. The first-order valence-electron chi connectivity index (χ1n) is 8.58. The lowest BCUT2D eigenvalue weighted by atomic mass is 10.1. The lowest BCUT2D eigenvalue weighted by molar-refractivity contribution is -0.139. The summed E-state index contributed by atoms with van der Waals surface area (Å²) in [5, 5.41) is 8.25. The van der Waals surface area contributed by atoms with Crippen LogP contribution in [0.5, 0.6) is 0 Å². The van der Waals surface area contributed by atoms with Crippen molar-refractivity contribution in [2.45, 2.75) is 71.1 Å². The minimum absolute atomic E-state index is 0.183. The highest BCUT2D eigenvalue weighted by Gasteiger charge is 2.06. The van der Waals surface area contributed by atoms with Crippen molar-refractivity contribution < 1.29 is 19.4 Å². The number of esters is 1. The summed E-state index contributed by atoms with van der Waals surface area (Å²) in [5.74, 6) is -0.657. The lowest BCUT2D eigenvalue weighted by Gasteiger charge is -2.00. The fourth-order valence-corrected chi connectivity index (χ4v) is 2.01. The second-order valence-corrected chi connectivity index (χ2v) is 5.43. The lowest BCUT2D eigenvalue weighted by Crippen LogP contribution is -2.09. The third-order valence-electron chi connectivity index (χ3n) is 3.28. The van der Waals surface area contributed by atoms with E-state index in [4.69, 9.17) is 5.11 Å². The summed E-state index contributed by atoms with van der Waals surface area (Å²) >= 11 is 0. The molecule has 4 heteroatoms. The highest BCUT2D eigenvalue weighted by atomic mass is 16.7. The molecule has 0 radical (unpaired) electrons. The highest BCUT2D eigenvalue weighted by molar-refractivity contribution is 5.80. The number of carboxylic acid groups (broad SMARTS) is 1. The van der Waals surface area contributed by atoms with E-state index in [0.29, 0.717) is 6.42 Å². The van der Waals surface area contributed by atoms with Crippen molar-refractivity contribution >= 4 is 12.1 Å². The zero-order chi connectivity index (χ0) is 17.2. The van der Waals surface area contributed by atoms with Gasteiger partial charge in [-0.2, -0.15) is 0 Å². The minimum Gasteiger partial charge on any atom is -0.449 e. The van der Waals surface area contributed by atoms with Gasteiger partial charge < -0.3 is 9.84 Å². The van der Waals surface area contributed by atoms with Crippen molar-refractivity contribution in [3.8, 4) is 0 Å². The van der Waals surface area contributed by atoms with Gasteiger partial charge in [0.05, 0.1) is 0 Å². The van der Waals surface area contributed by atoms with Crippen LogP contribution in [0.1, 0.15) is 71.1 Å². The molecule has 0 aliphatic rings. The number of carbonyl (C=O) groups is 2. The molecule has 0 saturated carbocycles. The molecule has 0 aromatic carbocycles. The van der Waals surface area contributed by atoms with Crippen molar-refractivity contribution in [1.29, 1.82) is 0 Å². The van der Waals surface area contributed by atoms with E-state index in [0.717, 1.165) is 38.5 Å². The third-order valence-corrected chi connectivity index (χ3v) is 3.28. The van der Waals surface area contributed by atoms with E-state index < -0.39 is 12.1 Å². The van der Waals surface area contributed by atoms with Crippen LogP contribution in [0.3, 0.4) is 0 Å². The third kappa shape index (κ3) is 18.1. The number of carbonyl (C=O) groups excluding carboxylic acids is 1. The maximum absolute atomic E-state index is 11.0. The van der Waals surface area contributed by atoms with Gasteiger partial charge in [-0.15, -0.1) is 0 Å². The van der Waals surface area contributed by atoms with Gasteiger partial charge in [0, 0.05) is 6.42 Å². The van der Waals surface area contributed by atoms with E-state index >= 15 is 0 Å². The van der Waals surface area contributed by atoms with Crippen LogP contribution in [0, 0.1) is 0 Å². The van der Waals surface area contributed by atoms with Crippen molar-refractivity contribution in [3.63, 3.8) is 0 Å². The smallest absolute Gasteiger partial charge is 0.449 e. The topological polar surface area (TPSA) is 63.6 Å². The summed E-state index contributed by atoms with van der Waals surface area (Å²) in [6.45, 7) is 2.19. The average Bonchev–Trinajstić information content (AvgIpc) is 2.50. The number of hydrogen-bond donors (Lipinski definition) is 1. The fraction of sp³-hybridized carbons (Fsp3) is 0.579. The molecule has 130 valence electrons.